The summed E-state index contributed by atoms with van der Waals surface area (Å²) in [5, 5.41) is 12.3. The number of benzene rings is 1. The lowest BCUT2D eigenvalue weighted by molar-refractivity contribution is -0.153. The lowest BCUT2D eigenvalue weighted by atomic mass is 9.70. The van der Waals surface area contributed by atoms with Crippen molar-refractivity contribution in [3.63, 3.8) is 0 Å². The number of likely N-dealkylation sites (tertiary alicyclic amines) is 1. The molecule has 1 saturated heterocycles. The van der Waals surface area contributed by atoms with E-state index in [0.717, 1.165) is 58.6 Å². The summed E-state index contributed by atoms with van der Waals surface area (Å²) in [7, 11) is 0. The van der Waals surface area contributed by atoms with Crippen LogP contribution in [0.1, 0.15) is 104 Å². The van der Waals surface area contributed by atoms with Crippen molar-refractivity contribution in [3.8, 4) is 11.4 Å². The zero-order valence-electron chi connectivity index (χ0n) is 29.8. The first-order valence-corrected chi connectivity index (χ1v) is 19.5. The molecule has 1 aliphatic heterocycles. The van der Waals surface area contributed by atoms with Crippen LogP contribution in [0.15, 0.2) is 54.9 Å². The summed E-state index contributed by atoms with van der Waals surface area (Å²) in [5.41, 5.74) is 4.22. The molecule has 3 aromatic rings. The largest absolute Gasteiger partial charge is 0.481 e. The number of carbonyl (C=O) groups is 3. The van der Waals surface area contributed by atoms with Crippen LogP contribution in [-0.2, 0) is 22.4 Å². The summed E-state index contributed by atoms with van der Waals surface area (Å²) in [6.07, 6.45) is 19.4. The van der Waals surface area contributed by atoms with Gasteiger partial charge in [0.15, 0.2) is 5.82 Å². The normalized spacial score (nSPS) is 21.7. The number of hydrogen-bond donors (Lipinski definition) is 2. The van der Waals surface area contributed by atoms with Gasteiger partial charge in [-0.25, -0.2) is 9.97 Å². The Morgan fingerprint density at radius 1 is 0.920 bits per heavy atom. The number of nitrogens with zero attached hydrogens (tertiary/aromatic N) is 3. The van der Waals surface area contributed by atoms with Gasteiger partial charge in [-0.15, -0.1) is 11.3 Å². The van der Waals surface area contributed by atoms with Crippen LogP contribution in [0.2, 0.25) is 0 Å². The molecule has 0 radical (unpaired) electrons. The summed E-state index contributed by atoms with van der Waals surface area (Å²) in [4.78, 5) is 50.8. The summed E-state index contributed by atoms with van der Waals surface area (Å²) >= 11 is 1.45. The molecule has 2 fully saturated rings. The van der Waals surface area contributed by atoms with E-state index in [1.807, 2.05) is 48.8 Å². The van der Waals surface area contributed by atoms with E-state index in [-0.39, 0.29) is 24.9 Å². The Labute approximate surface area is 300 Å². The molecule has 9 heteroatoms. The molecule has 1 saturated carbocycles. The van der Waals surface area contributed by atoms with Crippen molar-refractivity contribution in [1.82, 2.24) is 20.2 Å². The molecule has 6 rings (SSSR count). The van der Waals surface area contributed by atoms with Gasteiger partial charge in [-0.2, -0.15) is 0 Å². The number of aliphatic carboxylic acids is 1. The number of thiophene rings is 1. The van der Waals surface area contributed by atoms with Gasteiger partial charge in [0.25, 0.3) is 5.91 Å². The average Bonchev–Trinajstić information content (AvgIpc) is 3.56. The Bertz CT molecular complexity index is 1650. The van der Waals surface area contributed by atoms with Crippen molar-refractivity contribution in [3.05, 3.63) is 75.7 Å². The fourth-order valence-corrected chi connectivity index (χ4v) is 9.17. The van der Waals surface area contributed by atoms with E-state index in [1.54, 1.807) is 0 Å². The maximum atomic E-state index is 13.5. The number of allylic oxidation sites excluding steroid dienone is 2. The van der Waals surface area contributed by atoms with E-state index in [1.165, 1.54) is 66.8 Å². The SMILES string of the molecule is CCCC1CCC(C2CC=C(c3cnc(-c4ccc(CC(NC(=O)c5ccc(CC(C)C)s5)C(=O)N5CC(C(=O)O)C5)cc4)nc3)CC2)CC1. The summed E-state index contributed by atoms with van der Waals surface area (Å²) in [6, 6.07) is 10.8. The molecule has 3 aliphatic rings. The van der Waals surface area contributed by atoms with Gasteiger partial charge in [-0.3, -0.25) is 14.4 Å². The maximum Gasteiger partial charge on any atom is 0.310 e. The van der Waals surface area contributed by atoms with Crippen LogP contribution >= 0.6 is 11.3 Å². The van der Waals surface area contributed by atoms with Gasteiger partial charge in [0.1, 0.15) is 6.04 Å². The van der Waals surface area contributed by atoms with Crippen LogP contribution in [0.5, 0.6) is 0 Å². The van der Waals surface area contributed by atoms with Gasteiger partial charge in [0.05, 0.1) is 10.8 Å². The molecule has 1 aromatic carbocycles. The minimum atomic E-state index is -0.907. The minimum absolute atomic E-state index is 0.155. The summed E-state index contributed by atoms with van der Waals surface area (Å²) < 4.78 is 0. The van der Waals surface area contributed by atoms with Gasteiger partial charge >= 0.3 is 5.97 Å². The highest BCUT2D eigenvalue weighted by Crippen LogP contribution is 2.42. The van der Waals surface area contributed by atoms with Crippen LogP contribution < -0.4 is 5.32 Å². The predicted molar refractivity (Wildman–Crippen MR) is 199 cm³/mol. The lowest BCUT2D eigenvalue weighted by Gasteiger charge is -2.38. The fourth-order valence-electron chi connectivity index (χ4n) is 8.05. The molecular formula is C41H52N4O4S. The van der Waals surface area contributed by atoms with Gasteiger partial charge in [-0.05, 0) is 85.5 Å². The maximum absolute atomic E-state index is 13.5. The highest BCUT2D eigenvalue weighted by atomic mass is 32.1. The highest BCUT2D eigenvalue weighted by molar-refractivity contribution is 7.14. The Kier molecular flexibility index (Phi) is 11.8. The zero-order chi connectivity index (χ0) is 35.2. The molecule has 8 nitrogen and oxygen atoms in total. The predicted octanol–water partition coefficient (Wildman–Crippen LogP) is 8.08. The van der Waals surface area contributed by atoms with E-state index in [4.69, 9.17) is 9.97 Å². The number of carboxylic acids is 1. The number of hydrogen-bond acceptors (Lipinski definition) is 6. The van der Waals surface area contributed by atoms with Crippen molar-refractivity contribution in [2.75, 3.05) is 13.1 Å². The zero-order valence-corrected chi connectivity index (χ0v) is 30.6. The number of rotatable bonds is 13. The highest BCUT2D eigenvalue weighted by Gasteiger charge is 2.39. The first-order valence-electron chi connectivity index (χ1n) is 18.7. The Balaban J connectivity index is 1.07. The van der Waals surface area contributed by atoms with E-state index >= 15 is 0 Å². The molecule has 2 N–H and O–H groups in total. The smallest absolute Gasteiger partial charge is 0.310 e. The minimum Gasteiger partial charge on any atom is -0.481 e. The van der Waals surface area contributed by atoms with Crippen molar-refractivity contribution in [2.45, 2.75) is 97.4 Å². The van der Waals surface area contributed by atoms with Crippen LogP contribution in [0.25, 0.3) is 17.0 Å². The molecule has 0 bridgehead atoms. The lowest BCUT2D eigenvalue weighted by Crippen LogP contribution is -2.59. The van der Waals surface area contributed by atoms with Gasteiger partial charge < -0.3 is 15.3 Å². The van der Waals surface area contributed by atoms with Gasteiger partial charge in [0, 0.05) is 47.9 Å². The quantitative estimate of drug-likeness (QED) is 0.187. The molecule has 2 unspecified atom stereocenters. The van der Waals surface area contributed by atoms with Crippen LogP contribution in [0.4, 0.5) is 0 Å². The van der Waals surface area contributed by atoms with E-state index < -0.39 is 17.9 Å². The first-order chi connectivity index (χ1) is 24.2. The third-order valence-corrected chi connectivity index (χ3v) is 12.1. The number of amides is 2. The van der Waals surface area contributed by atoms with Crippen molar-refractivity contribution in [2.24, 2.45) is 29.6 Å². The number of nitrogens with one attached hydrogen (secondary N) is 1. The van der Waals surface area contributed by atoms with Gasteiger partial charge in [0.2, 0.25) is 5.91 Å². The van der Waals surface area contributed by atoms with Crippen LogP contribution in [0, 0.1) is 29.6 Å². The average molecular weight is 697 g/mol. The molecule has 2 aliphatic carbocycles. The summed E-state index contributed by atoms with van der Waals surface area (Å²) in [6.45, 7) is 6.90. The van der Waals surface area contributed by atoms with Crippen molar-refractivity contribution < 1.29 is 19.5 Å². The fraction of sp³-hybridized carbons (Fsp3) is 0.537. The third kappa shape index (κ3) is 8.89. The Morgan fingerprint density at radius 2 is 1.64 bits per heavy atom. The number of carboxylic acid groups (broad SMARTS) is 1. The Morgan fingerprint density at radius 3 is 2.26 bits per heavy atom. The molecular weight excluding hydrogens is 645 g/mol. The van der Waals surface area contributed by atoms with Crippen molar-refractivity contribution >= 4 is 34.7 Å². The second kappa shape index (κ2) is 16.4. The monoisotopic (exact) mass is 696 g/mol. The second-order valence-corrected chi connectivity index (χ2v) is 16.4. The molecule has 2 amide bonds. The third-order valence-electron chi connectivity index (χ3n) is 11.0. The van der Waals surface area contributed by atoms with Gasteiger partial charge in [-0.1, -0.05) is 76.8 Å². The molecule has 50 heavy (non-hydrogen) atoms. The van der Waals surface area contributed by atoms with Crippen LogP contribution in [0.3, 0.4) is 0 Å². The molecule has 2 atom stereocenters. The first kappa shape index (κ1) is 36.0. The molecule has 3 heterocycles. The van der Waals surface area contributed by atoms with E-state index in [9.17, 15) is 19.5 Å². The topological polar surface area (TPSA) is 112 Å². The van der Waals surface area contributed by atoms with Crippen LogP contribution in [-0.4, -0.2) is 56.9 Å². The Hall–Kier alpha value is -3.85. The molecule has 266 valence electrons. The van der Waals surface area contributed by atoms with Crippen molar-refractivity contribution in [1.29, 1.82) is 0 Å². The molecule has 2 aromatic heterocycles. The number of carbonyl (C=O) groups excluding carboxylic acids is 2. The summed E-state index contributed by atoms with van der Waals surface area (Å²) in [5.74, 6) is 1.75. The second-order valence-electron chi connectivity index (χ2n) is 15.2. The van der Waals surface area contributed by atoms with E-state index in [0.29, 0.717) is 23.0 Å². The standard InChI is InChI=1S/C41H52N4O4S/c1-4-5-27-6-10-29(11-7-27)30-14-16-31(17-15-30)33-22-42-38(43-23-33)32-12-8-28(9-13-32)21-36(40(47)45-24-34(25-45)41(48)49)44-39(46)37-19-18-35(50-37)20-26(2)3/h8-9,12-13,16,18-19,22-23,26-27,29-30,34,36H,4-7,10-11,14-15,17,20-21,24-25H2,1-3H3,(H,44,46)(H,48,49). The van der Waals surface area contributed by atoms with E-state index in [2.05, 4.69) is 32.2 Å². The molecule has 0 spiro atoms. The number of aromatic nitrogens is 2.